The van der Waals surface area contributed by atoms with Crippen LogP contribution in [0.15, 0.2) is 18.2 Å². The van der Waals surface area contributed by atoms with Crippen LogP contribution < -0.4 is 0 Å². The van der Waals surface area contributed by atoms with Crippen LogP contribution in [0.2, 0.25) is 0 Å². The number of nitro benzene ring substituents is 1. The Kier molecular flexibility index (Phi) is 3.90. The number of amides is 1. The van der Waals surface area contributed by atoms with Gasteiger partial charge < -0.3 is 4.90 Å². The van der Waals surface area contributed by atoms with Crippen molar-refractivity contribution in [3.05, 3.63) is 39.7 Å². The van der Waals surface area contributed by atoms with Gasteiger partial charge in [0.15, 0.2) is 0 Å². The summed E-state index contributed by atoms with van der Waals surface area (Å²) in [6.45, 7) is -0.423. The largest absolute Gasteiger partial charge is 0.337 e. The van der Waals surface area contributed by atoms with Crippen LogP contribution in [0.5, 0.6) is 0 Å². The molecule has 0 radical (unpaired) electrons. The standard InChI is InChI=1S/C11H10F2N2O5S/c12-7-1-2-9(10(5-7)15(17)18)11(16)14-4-3-8(6-14)21(13,19)20/h1-2,5,8H,3-4,6H2. The van der Waals surface area contributed by atoms with E-state index < -0.39 is 37.8 Å². The molecule has 114 valence electrons. The Balaban J connectivity index is 2.28. The number of carbonyl (C=O) groups excluding carboxylic acids is 1. The lowest BCUT2D eigenvalue weighted by molar-refractivity contribution is -0.385. The molecule has 1 aliphatic rings. The molecule has 1 aromatic rings. The van der Waals surface area contributed by atoms with E-state index in [0.29, 0.717) is 6.07 Å². The maximum absolute atomic E-state index is 13.0. The van der Waals surface area contributed by atoms with Crippen molar-refractivity contribution in [3.8, 4) is 0 Å². The van der Waals surface area contributed by atoms with Crippen LogP contribution >= 0.6 is 0 Å². The number of nitrogens with zero attached hydrogens (tertiary/aromatic N) is 2. The van der Waals surface area contributed by atoms with Crippen molar-refractivity contribution in [3.63, 3.8) is 0 Å². The first-order valence-corrected chi connectivity index (χ1v) is 7.31. The number of likely N-dealkylation sites (tertiary alicyclic amines) is 1. The lowest BCUT2D eigenvalue weighted by atomic mass is 10.1. The number of carbonyl (C=O) groups is 1. The molecule has 0 N–H and O–H groups in total. The van der Waals surface area contributed by atoms with Gasteiger partial charge in [-0.05, 0) is 18.6 Å². The molecule has 1 atom stereocenters. The first-order chi connectivity index (χ1) is 9.70. The van der Waals surface area contributed by atoms with E-state index in [2.05, 4.69) is 0 Å². The molecule has 2 rings (SSSR count). The summed E-state index contributed by atoms with van der Waals surface area (Å²) in [6, 6.07) is 2.44. The highest BCUT2D eigenvalue weighted by molar-refractivity contribution is 7.87. The summed E-state index contributed by atoms with van der Waals surface area (Å²) in [6.07, 6.45) is -0.0838. The van der Waals surface area contributed by atoms with E-state index in [9.17, 15) is 31.6 Å². The zero-order valence-electron chi connectivity index (χ0n) is 10.5. The molecule has 7 nitrogen and oxygen atoms in total. The summed E-state index contributed by atoms with van der Waals surface area (Å²) >= 11 is 0. The molecule has 0 bridgehead atoms. The van der Waals surface area contributed by atoms with E-state index >= 15 is 0 Å². The fourth-order valence-corrected chi connectivity index (χ4v) is 2.89. The predicted octanol–water partition coefficient (Wildman–Crippen LogP) is 1.25. The first-order valence-electron chi connectivity index (χ1n) is 5.87. The molecule has 0 saturated carbocycles. The Morgan fingerprint density at radius 3 is 2.62 bits per heavy atom. The minimum absolute atomic E-state index is 0.0405. The Morgan fingerprint density at radius 1 is 1.43 bits per heavy atom. The molecular weight excluding hydrogens is 310 g/mol. The highest BCUT2D eigenvalue weighted by Gasteiger charge is 2.37. The van der Waals surface area contributed by atoms with Gasteiger partial charge in [0.2, 0.25) is 0 Å². The van der Waals surface area contributed by atoms with Gasteiger partial charge in [0.25, 0.3) is 11.6 Å². The van der Waals surface area contributed by atoms with Crippen molar-refractivity contribution in [1.82, 2.24) is 4.90 Å². The normalized spacial score (nSPS) is 18.8. The van der Waals surface area contributed by atoms with Gasteiger partial charge >= 0.3 is 10.2 Å². The summed E-state index contributed by atoms with van der Waals surface area (Å²) < 4.78 is 47.5. The van der Waals surface area contributed by atoms with E-state index in [1.54, 1.807) is 0 Å². The SMILES string of the molecule is O=C(c1ccc(F)cc1[N+](=O)[O-])N1CCC(S(=O)(=O)F)C1. The smallest absolute Gasteiger partial charge is 0.307 e. The Labute approximate surface area is 118 Å². The van der Waals surface area contributed by atoms with Crippen molar-refractivity contribution in [2.45, 2.75) is 11.7 Å². The van der Waals surface area contributed by atoms with Crippen LogP contribution in [0.25, 0.3) is 0 Å². The quantitative estimate of drug-likeness (QED) is 0.474. The van der Waals surface area contributed by atoms with Crippen molar-refractivity contribution in [1.29, 1.82) is 0 Å². The van der Waals surface area contributed by atoms with Gasteiger partial charge in [-0.25, -0.2) is 4.39 Å². The molecule has 1 aromatic carbocycles. The number of benzene rings is 1. The molecular formula is C11H10F2N2O5S. The van der Waals surface area contributed by atoms with Crippen molar-refractivity contribution >= 4 is 21.8 Å². The fourth-order valence-electron chi connectivity index (χ4n) is 2.15. The minimum Gasteiger partial charge on any atom is -0.337 e. The van der Waals surface area contributed by atoms with Crippen molar-refractivity contribution in [2.75, 3.05) is 13.1 Å². The number of hydrogen-bond acceptors (Lipinski definition) is 5. The predicted molar refractivity (Wildman–Crippen MR) is 67.4 cm³/mol. The maximum Gasteiger partial charge on any atom is 0.307 e. The van der Waals surface area contributed by atoms with Gasteiger partial charge in [0.05, 0.1) is 11.0 Å². The Hall–Kier alpha value is -2.10. The lowest BCUT2D eigenvalue weighted by Crippen LogP contribution is -2.31. The minimum atomic E-state index is -4.77. The first kappa shape index (κ1) is 15.3. The molecule has 1 unspecified atom stereocenters. The van der Waals surface area contributed by atoms with Gasteiger partial charge in [0, 0.05) is 13.1 Å². The molecule has 0 spiro atoms. The lowest BCUT2D eigenvalue weighted by Gasteiger charge is -2.15. The van der Waals surface area contributed by atoms with Crippen molar-refractivity contribution in [2.24, 2.45) is 0 Å². The monoisotopic (exact) mass is 320 g/mol. The van der Waals surface area contributed by atoms with Crippen LogP contribution in [-0.2, 0) is 10.2 Å². The summed E-state index contributed by atoms with van der Waals surface area (Å²) in [4.78, 5) is 23.1. The molecule has 1 fully saturated rings. The number of halogens is 2. The molecule has 1 aliphatic heterocycles. The van der Waals surface area contributed by atoms with E-state index in [4.69, 9.17) is 0 Å². The maximum atomic E-state index is 13.0. The zero-order chi connectivity index (χ0) is 15.8. The van der Waals surface area contributed by atoms with Crippen LogP contribution in [0.3, 0.4) is 0 Å². The van der Waals surface area contributed by atoms with Gasteiger partial charge in [-0.2, -0.15) is 8.42 Å². The number of hydrogen-bond donors (Lipinski definition) is 0. The molecule has 10 heteroatoms. The highest BCUT2D eigenvalue weighted by atomic mass is 32.3. The van der Waals surface area contributed by atoms with Gasteiger partial charge in [-0.3, -0.25) is 14.9 Å². The van der Waals surface area contributed by atoms with Crippen LogP contribution in [0.1, 0.15) is 16.8 Å². The van der Waals surface area contributed by atoms with Gasteiger partial charge in [0.1, 0.15) is 16.6 Å². The van der Waals surface area contributed by atoms with E-state index in [0.717, 1.165) is 17.0 Å². The highest BCUT2D eigenvalue weighted by Crippen LogP contribution is 2.25. The van der Waals surface area contributed by atoms with Crippen molar-refractivity contribution < 1.29 is 26.4 Å². The number of nitro groups is 1. The molecule has 1 saturated heterocycles. The van der Waals surface area contributed by atoms with E-state index in [1.165, 1.54) is 0 Å². The molecule has 21 heavy (non-hydrogen) atoms. The fraction of sp³-hybridized carbons (Fsp3) is 0.364. The topological polar surface area (TPSA) is 97.6 Å². The zero-order valence-corrected chi connectivity index (χ0v) is 11.3. The Bertz CT molecular complexity index is 707. The van der Waals surface area contributed by atoms with E-state index in [-0.39, 0.29) is 25.1 Å². The van der Waals surface area contributed by atoms with Crippen LogP contribution in [0, 0.1) is 15.9 Å². The molecule has 0 aromatic heterocycles. The second kappa shape index (κ2) is 5.35. The third-order valence-corrected chi connectivity index (χ3v) is 4.40. The average Bonchev–Trinajstić information content (AvgIpc) is 2.87. The van der Waals surface area contributed by atoms with Gasteiger partial charge in [-0.1, -0.05) is 0 Å². The average molecular weight is 320 g/mol. The van der Waals surface area contributed by atoms with Crippen LogP contribution in [-0.4, -0.2) is 42.5 Å². The van der Waals surface area contributed by atoms with Crippen LogP contribution in [0.4, 0.5) is 14.0 Å². The summed E-state index contributed by atoms with van der Waals surface area (Å²) in [5, 5.41) is 9.50. The summed E-state index contributed by atoms with van der Waals surface area (Å²) in [5.41, 5.74) is -1.08. The molecule has 1 heterocycles. The van der Waals surface area contributed by atoms with E-state index in [1.807, 2.05) is 0 Å². The second-order valence-electron chi connectivity index (χ2n) is 4.56. The molecule has 0 aliphatic carbocycles. The number of rotatable bonds is 3. The second-order valence-corrected chi connectivity index (χ2v) is 6.17. The Morgan fingerprint density at radius 2 is 2.10 bits per heavy atom. The third kappa shape index (κ3) is 3.15. The summed E-state index contributed by atoms with van der Waals surface area (Å²) in [5.74, 6) is -1.70. The summed E-state index contributed by atoms with van der Waals surface area (Å²) in [7, 11) is -4.77. The van der Waals surface area contributed by atoms with Gasteiger partial charge in [-0.15, -0.1) is 3.89 Å². The molecule has 1 amide bonds. The third-order valence-electron chi connectivity index (χ3n) is 3.22.